The molecule has 0 aliphatic carbocycles. The molecule has 1 aromatic rings. The molecule has 22 heavy (non-hydrogen) atoms. The van der Waals surface area contributed by atoms with Crippen molar-refractivity contribution in [2.24, 2.45) is 0 Å². The van der Waals surface area contributed by atoms with Crippen molar-refractivity contribution in [2.75, 3.05) is 50.7 Å². The molecule has 2 fully saturated rings. The third-order valence-corrected chi connectivity index (χ3v) is 4.06. The second-order valence-corrected chi connectivity index (χ2v) is 5.36. The fourth-order valence-corrected chi connectivity index (χ4v) is 2.83. The molecule has 0 saturated carbocycles. The third-order valence-electron chi connectivity index (χ3n) is 4.06. The number of rotatable bonds is 4. The van der Waals surface area contributed by atoms with Gasteiger partial charge in [0.05, 0.1) is 0 Å². The summed E-state index contributed by atoms with van der Waals surface area (Å²) >= 11 is 0. The van der Waals surface area contributed by atoms with Crippen LogP contribution in [-0.4, -0.2) is 77.0 Å². The number of nitrogens with zero attached hydrogens (tertiary/aromatic N) is 5. The Morgan fingerprint density at radius 3 is 2.27 bits per heavy atom. The number of amides is 1. The van der Waals surface area contributed by atoms with Gasteiger partial charge in [-0.2, -0.15) is 0 Å². The van der Waals surface area contributed by atoms with Gasteiger partial charge in [0, 0.05) is 64.6 Å². The number of halogens is 1. The maximum absolute atomic E-state index is 11.6. The summed E-state index contributed by atoms with van der Waals surface area (Å²) in [5.41, 5.74) is 0. The number of anilines is 1. The molecular formula is C14H24ClN5O2. The van der Waals surface area contributed by atoms with Crippen LogP contribution < -0.4 is 4.90 Å². The highest BCUT2D eigenvalue weighted by Gasteiger charge is 2.22. The molecule has 0 bridgehead atoms. The van der Waals surface area contributed by atoms with Crippen LogP contribution in [0.3, 0.4) is 0 Å². The minimum Gasteiger partial charge on any atom is -0.412 e. The molecule has 124 valence electrons. The van der Waals surface area contributed by atoms with Crippen LogP contribution in [0.25, 0.3) is 0 Å². The highest BCUT2D eigenvalue weighted by atomic mass is 35.5. The van der Waals surface area contributed by atoms with Gasteiger partial charge in [-0.15, -0.1) is 12.4 Å². The quantitative estimate of drug-likeness (QED) is 0.765. The SMILES string of the molecule is Cl.O.O=C1CCCN1CCN1CCN(c2ncccn2)CC1. The van der Waals surface area contributed by atoms with Gasteiger partial charge in [0.15, 0.2) is 0 Å². The lowest BCUT2D eigenvalue weighted by atomic mass is 10.3. The summed E-state index contributed by atoms with van der Waals surface area (Å²) in [6.45, 7) is 6.74. The number of carbonyl (C=O) groups excluding carboxylic acids is 1. The van der Waals surface area contributed by atoms with Crippen LogP contribution in [0.1, 0.15) is 12.8 Å². The average Bonchev–Trinajstić information content (AvgIpc) is 2.92. The van der Waals surface area contributed by atoms with Crippen molar-refractivity contribution in [3.05, 3.63) is 18.5 Å². The zero-order chi connectivity index (χ0) is 13.8. The van der Waals surface area contributed by atoms with Gasteiger partial charge in [0.1, 0.15) is 0 Å². The van der Waals surface area contributed by atoms with Gasteiger partial charge in [0.25, 0.3) is 0 Å². The lowest BCUT2D eigenvalue weighted by Crippen LogP contribution is -2.49. The summed E-state index contributed by atoms with van der Waals surface area (Å²) in [6.07, 6.45) is 5.33. The molecule has 0 radical (unpaired) electrons. The van der Waals surface area contributed by atoms with Crippen molar-refractivity contribution in [1.29, 1.82) is 0 Å². The molecule has 3 heterocycles. The van der Waals surface area contributed by atoms with Crippen molar-refractivity contribution in [3.8, 4) is 0 Å². The van der Waals surface area contributed by atoms with Gasteiger partial charge in [-0.1, -0.05) is 0 Å². The maximum Gasteiger partial charge on any atom is 0.225 e. The van der Waals surface area contributed by atoms with E-state index in [1.54, 1.807) is 12.4 Å². The van der Waals surface area contributed by atoms with Gasteiger partial charge >= 0.3 is 0 Å². The molecule has 3 rings (SSSR count). The summed E-state index contributed by atoms with van der Waals surface area (Å²) in [7, 11) is 0. The predicted molar refractivity (Wildman–Crippen MR) is 87.4 cm³/mol. The van der Waals surface area contributed by atoms with Gasteiger partial charge in [0.2, 0.25) is 11.9 Å². The Morgan fingerprint density at radius 2 is 1.68 bits per heavy atom. The Labute approximate surface area is 137 Å². The molecule has 2 N–H and O–H groups in total. The fourth-order valence-electron chi connectivity index (χ4n) is 2.83. The van der Waals surface area contributed by atoms with E-state index < -0.39 is 0 Å². The van der Waals surface area contributed by atoms with Crippen molar-refractivity contribution >= 4 is 24.3 Å². The number of likely N-dealkylation sites (tertiary alicyclic amines) is 1. The van der Waals surface area contributed by atoms with Crippen LogP contribution >= 0.6 is 12.4 Å². The van der Waals surface area contributed by atoms with E-state index in [9.17, 15) is 4.79 Å². The van der Waals surface area contributed by atoms with E-state index in [1.807, 2.05) is 11.0 Å². The number of aromatic nitrogens is 2. The van der Waals surface area contributed by atoms with Crippen LogP contribution in [-0.2, 0) is 4.79 Å². The fraction of sp³-hybridized carbons (Fsp3) is 0.643. The predicted octanol–water partition coefficient (Wildman–Crippen LogP) is -0.182. The first-order chi connectivity index (χ1) is 9.83. The monoisotopic (exact) mass is 329 g/mol. The van der Waals surface area contributed by atoms with Crippen molar-refractivity contribution in [1.82, 2.24) is 19.8 Å². The van der Waals surface area contributed by atoms with Crippen LogP contribution in [0.2, 0.25) is 0 Å². The van der Waals surface area contributed by atoms with Crippen molar-refractivity contribution in [2.45, 2.75) is 12.8 Å². The van der Waals surface area contributed by atoms with Gasteiger partial charge in [-0.25, -0.2) is 9.97 Å². The lowest BCUT2D eigenvalue weighted by Gasteiger charge is -2.35. The van der Waals surface area contributed by atoms with E-state index in [0.29, 0.717) is 5.91 Å². The van der Waals surface area contributed by atoms with Crippen LogP contribution in [0, 0.1) is 0 Å². The first kappa shape index (κ1) is 18.6. The molecule has 1 amide bonds. The molecule has 2 aliphatic rings. The summed E-state index contributed by atoms with van der Waals surface area (Å²) in [5.74, 6) is 1.14. The van der Waals surface area contributed by atoms with Crippen molar-refractivity contribution < 1.29 is 10.3 Å². The Balaban J connectivity index is 0.00000121. The number of hydrogen-bond acceptors (Lipinski definition) is 5. The first-order valence-electron chi connectivity index (χ1n) is 7.35. The minimum absolute atomic E-state index is 0. The van der Waals surface area contributed by atoms with Crippen LogP contribution in [0.5, 0.6) is 0 Å². The Morgan fingerprint density at radius 1 is 1.00 bits per heavy atom. The van der Waals surface area contributed by atoms with Crippen LogP contribution in [0.15, 0.2) is 18.5 Å². The van der Waals surface area contributed by atoms with E-state index >= 15 is 0 Å². The molecule has 7 nitrogen and oxygen atoms in total. The molecular weight excluding hydrogens is 306 g/mol. The third kappa shape index (κ3) is 4.53. The topological polar surface area (TPSA) is 84.1 Å². The zero-order valence-electron chi connectivity index (χ0n) is 12.6. The number of piperazine rings is 1. The second-order valence-electron chi connectivity index (χ2n) is 5.36. The summed E-state index contributed by atoms with van der Waals surface area (Å²) in [4.78, 5) is 26.8. The summed E-state index contributed by atoms with van der Waals surface area (Å²) in [5, 5.41) is 0. The van der Waals surface area contributed by atoms with Gasteiger partial charge in [-0.3, -0.25) is 9.69 Å². The minimum atomic E-state index is 0. The van der Waals surface area contributed by atoms with E-state index in [2.05, 4.69) is 19.8 Å². The normalized spacial score (nSPS) is 18.8. The maximum atomic E-state index is 11.6. The second kappa shape index (κ2) is 8.87. The summed E-state index contributed by atoms with van der Waals surface area (Å²) < 4.78 is 0. The zero-order valence-corrected chi connectivity index (χ0v) is 13.5. The largest absolute Gasteiger partial charge is 0.412 e. The van der Waals surface area contributed by atoms with E-state index in [1.165, 1.54) is 0 Å². The smallest absolute Gasteiger partial charge is 0.225 e. The Bertz CT molecular complexity index is 454. The van der Waals surface area contributed by atoms with Gasteiger partial charge < -0.3 is 15.3 Å². The average molecular weight is 330 g/mol. The Hall–Kier alpha value is -1.44. The standard InChI is InChI=1S/C14H21N5O.ClH.H2O/c20-13-3-1-6-18(13)10-7-17-8-11-19(12-9-17)14-15-4-2-5-16-14;;/h2,4-5H,1,3,6-12H2;1H;1H2. The molecule has 2 aliphatic heterocycles. The molecule has 8 heteroatoms. The highest BCUT2D eigenvalue weighted by molar-refractivity contribution is 5.85. The van der Waals surface area contributed by atoms with Crippen molar-refractivity contribution in [3.63, 3.8) is 0 Å². The molecule has 0 unspecified atom stereocenters. The first-order valence-corrected chi connectivity index (χ1v) is 7.35. The molecule has 0 atom stereocenters. The highest BCUT2D eigenvalue weighted by Crippen LogP contribution is 2.11. The van der Waals surface area contributed by atoms with E-state index in [0.717, 1.165) is 64.6 Å². The van der Waals surface area contributed by atoms with E-state index in [4.69, 9.17) is 0 Å². The number of hydrogen-bond donors (Lipinski definition) is 0. The van der Waals surface area contributed by atoms with Crippen LogP contribution in [0.4, 0.5) is 5.95 Å². The van der Waals surface area contributed by atoms with Gasteiger partial charge in [-0.05, 0) is 12.5 Å². The molecule has 2 saturated heterocycles. The molecule has 0 spiro atoms. The molecule has 1 aromatic heterocycles. The Kier molecular flexibility index (Phi) is 7.50. The van der Waals surface area contributed by atoms with E-state index in [-0.39, 0.29) is 17.9 Å². The summed E-state index contributed by atoms with van der Waals surface area (Å²) in [6, 6.07) is 1.84. The molecule has 0 aromatic carbocycles. The lowest BCUT2D eigenvalue weighted by molar-refractivity contribution is -0.127. The number of carbonyl (C=O) groups is 1.